The first-order chi connectivity index (χ1) is 10.1. The molecule has 1 amide bonds. The van der Waals surface area contributed by atoms with Crippen molar-refractivity contribution in [3.8, 4) is 0 Å². The largest absolute Gasteiger partial charge is 0.393 e. The maximum atomic E-state index is 12.6. The molecule has 2 aliphatic rings. The number of para-hydroxylation sites is 1. The summed E-state index contributed by atoms with van der Waals surface area (Å²) in [6.07, 6.45) is 3.99. The molecular weight excluding hydrogens is 264 g/mol. The molecule has 0 aromatic heterocycles. The molecule has 1 aromatic carbocycles. The number of carbonyl (C=O) groups is 1. The summed E-state index contributed by atoms with van der Waals surface area (Å²) < 4.78 is 0. The van der Waals surface area contributed by atoms with Gasteiger partial charge in [0.25, 0.3) is 0 Å². The molecule has 0 spiro atoms. The fourth-order valence-electron chi connectivity index (χ4n) is 3.45. The molecule has 114 valence electrons. The van der Waals surface area contributed by atoms with Crippen LogP contribution in [0.25, 0.3) is 0 Å². The van der Waals surface area contributed by atoms with Gasteiger partial charge in [-0.1, -0.05) is 18.2 Å². The van der Waals surface area contributed by atoms with Crippen molar-refractivity contribution in [2.75, 3.05) is 5.32 Å². The number of fused-ring (bicyclic) bond motifs is 1. The average molecular weight is 288 g/mol. The van der Waals surface area contributed by atoms with Gasteiger partial charge < -0.3 is 15.7 Å². The monoisotopic (exact) mass is 288 g/mol. The molecular formula is C17H24N2O2. The lowest BCUT2D eigenvalue weighted by Crippen LogP contribution is -2.47. The second kappa shape index (κ2) is 6.06. The van der Waals surface area contributed by atoms with Crippen LogP contribution in [0.1, 0.15) is 38.2 Å². The van der Waals surface area contributed by atoms with Crippen LogP contribution >= 0.6 is 0 Å². The zero-order valence-electron chi connectivity index (χ0n) is 12.5. The van der Waals surface area contributed by atoms with Crippen LogP contribution in [0.15, 0.2) is 24.3 Å². The SMILES string of the molecule is CC1Nc2ccccc2CC1C(=O)NC1CCC(O)CC1. The highest BCUT2D eigenvalue weighted by Crippen LogP contribution is 2.28. The zero-order valence-corrected chi connectivity index (χ0v) is 12.5. The maximum Gasteiger partial charge on any atom is 0.225 e. The van der Waals surface area contributed by atoms with Gasteiger partial charge in [-0.3, -0.25) is 4.79 Å². The number of aliphatic hydroxyl groups is 1. The lowest BCUT2D eigenvalue weighted by molar-refractivity contribution is -0.126. The number of aliphatic hydroxyl groups excluding tert-OH is 1. The van der Waals surface area contributed by atoms with Crippen LogP contribution < -0.4 is 10.6 Å². The van der Waals surface area contributed by atoms with Crippen LogP contribution in [0, 0.1) is 5.92 Å². The number of nitrogens with one attached hydrogen (secondary N) is 2. The van der Waals surface area contributed by atoms with Crippen LogP contribution in [0.3, 0.4) is 0 Å². The van der Waals surface area contributed by atoms with E-state index in [-0.39, 0.29) is 30.0 Å². The number of benzene rings is 1. The fraction of sp³-hybridized carbons (Fsp3) is 0.588. The number of rotatable bonds is 2. The Morgan fingerprint density at radius 2 is 1.95 bits per heavy atom. The summed E-state index contributed by atoms with van der Waals surface area (Å²) in [7, 11) is 0. The van der Waals surface area contributed by atoms with Gasteiger partial charge in [0.15, 0.2) is 0 Å². The smallest absolute Gasteiger partial charge is 0.225 e. The second-order valence-corrected chi connectivity index (χ2v) is 6.41. The van der Waals surface area contributed by atoms with E-state index in [1.165, 1.54) is 5.56 Å². The molecule has 4 nitrogen and oxygen atoms in total. The lowest BCUT2D eigenvalue weighted by atomic mass is 9.86. The average Bonchev–Trinajstić information content (AvgIpc) is 2.49. The first-order valence-corrected chi connectivity index (χ1v) is 7.96. The van der Waals surface area contributed by atoms with E-state index in [0.29, 0.717) is 0 Å². The number of hydrogen-bond donors (Lipinski definition) is 3. The summed E-state index contributed by atoms with van der Waals surface area (Å²) in [6, 6.07) is 8.58. The summed E-state index contributed by atoms with van der Waals surface area (Å²) in [4.78, 5) is 12.6. The summed E-state index contributed by atoms with van der Waals surface area (Å²) in [5, 5.41) is 16.2. The molecule has 4 heteroatoms. The van der Waals surface area contributed by atoms with E-state index in [2.05, 4.69) is 29.7 Å². The molecule has 1 aliphatic heterocycles. The minimum Gasteiger partial charge on any atom is -0.393 e. The van der Waals surface area contributed by atoms with Crippen LogP contribution in [0.4, 0.5) is 5.69 Å². The first-order valence-electron chi connectivity index (χ1n) is 7.96. The Bertz CT molecular complexity index is 509. The topological polar surface area (TPSA) is 61.4 Å². The molecule has 2 atom stereocenters. The van der Waals surface area contributed by atoms with Crippen LogP contribution in [0.5, 0.6) is 0 Å². The molecule has 1 aromatic rings. The predicted octanol–water partition coefficient (Wildman–Crippen LogP) is 2.08. The van der Waals surface area contributed by atoms with Gasteiger partial charge in [-0.25, -0.2) is 0 Å². The van der Waals surface area contributed by atoms with Gasteiger partial charge in [-0.15, -0.1) is 0 Å². The lowest BCUT2D eigenvalue weighted by Gasteiger charge is -2.34. The standard InChI is InChI=1S/C17H24N2O2/c1-11-15(10-12-4-2-3-5-16(12)18-11)17(21)19-13-6-8-14(20)9-7-13/h2-5,11,13-15,18,20H,6-10H2,1H3,(H,19,21). The number of anilines is 1. The highest BCUT2D eigenvalue weighted by atomic mass is 16.3. The van der Waals surface area contributed by atoms with E-state index in [1.54, 1.807) is 0 Å². The Balaban J connectivity index is 1.62. The second-order valence-electron chi connectivity index (χ2n) is 6.41. The Labute approximate surface area is 125 Å². The van der Waals surface area contributed by atoms with Crippen LogP contribution in [0.2, 0.25) is 0 Å². The quantitative estimate of drug-likeness (QED) is 0.781. The Hall–Kier alpha value is -1.55. The van der Waals surface area contributed by atoms with Crippen molar-refractivity contribution in [3.63, 3.8) is 0 Å². The van der Waals surface area contributed by atoms with Gasteiger partial charge in [-0.2, -0.15) is 0 Å². The predicted molar refractivity (Wildman–Crippen MR) is 83.1 cm³/mol. The van der Waals surface area contributed by atoms with Crippen molar-refractivity contribution in [3.05, 3.63) is 29.8 Å². The van der Waals surface area contributed by atoms with Gasteiger partial charge in [0, 0.05) is 17.8 Å². The Morgan fingerprint density at radius 1 is 1.24 bits per heavy atom. The summed E-state index contributed by atoms with van der Waals surface area (Å²) >= 11 is 0. The Kier molecular flexibility index (Phi) is 4.15. The Morgan fingerprint density at radius 3 is 2.71 bits per heavy atom. The number of carbonyl (C=O) groups excluding carboxylic acids is 1. The van der Waals surface area contributed by atoms with E-state index >= 15 is 0 Å². The van der Waals surface area contributed by atoms with E-state index < -0.39 is 0 Å². The summed E-state index contributed by atoms with van der Waals surface area (Å²) in [5.74, 6) is 0.123. The molecule has 3 rings (SSSR count). The van der Waals surface area contributed by atoms with Gasteiger partial charge in [-0.05, 0) is 50.7 Å². The third-order valence-electron chi connectivity index (χ3n) is 4.82. The van der Waals surface area contributed by atoms with Crippen molar-refractivity contribution < 1.29 is 9.90 Å². The summed E-state index contributed by atoms with van der Waals surface area (Å²) in [6.45, 7) is 2.07. The van der Waals surface area contributed by atoms with Crippen molar-refractivity contribution in [2.24, 2.45) is 5.92 Å². The molecule has 1 saturated carbocycles. The van der Waals surface area contributed by atoms with Gasteiger partial charge in [0.05, 0.1) is 12.0 Å². The van der Waals surface area contributed by atoms with Gasteiger partial charge >= 0.3 is 0 Å². The number of amides is 1. The highest BCUT2D eigenvalue weighted by molar-refractivity contribution is 5.81. The zero-order chi connectivity index (χ0) is 14.8. The molecule has 1 aliphatic carbocycles. The molecule has 1 heterocycles. The molecule has 3 N–H and O–H groups in total. The van der Waals surface area contributed by atoms with Gasteiger partial charge in [0.2, 0.25) is 5.91 Å². The van der Waals surface area contributed by atoms with Crippen LogP contribution in [-0.2, 0) is 11.2 Å². The van der Waals surface area contributed by atoms with Crippen molar-refractivity contribution >= 4 is 11.6 Å². The minimum absolute atomic E-state index is 0.0215. The van der Waals surface area contributed by atoms with E-state index in [0.717, 1.165) is 37.8 Å². The highest BCUT2D eigenvalue weighted by Gasteiger charge is 2.32. The maximum absolute atomic E-state index is 12.6. The molecule has 21 heavy (non-hydrogen) atoms. The number of hydrogen-bond acceptors (Lipinski definition) is 3. The van der Waals surface area contributed by atoms with E-state index in [9.17, 15) is 9.90 Å². The van der Waals surface area contributed by atoms with Crippen molar-refractivity contribution in [1.29, 1.82) is 0 Å². The first kappa shape index (κ1) is 14.4. The molecule has 2 unspecified atom stereocenters. The van der Waals surface area contributed by atoms with E-state index in [4.69, 9.17) is 0 Å². The van der Waals surface area contributed by atoms with Crippen LogP contribution in [-0.4, -0.2) is 29.2 Å². The normalized spacial score (nSPS) is 31.9. The van der Waals surface area contributed by atoms with E-state index in [1.807, 2.05) is 12.1 Å². The van der Waals surface area contributed by atoms with Crippen molar-refractivity contribution in [2.45, 2.75) is 57.2 Å². The van der Waals surface area contributed by atoms with Gasteiger partial charge in [0.1, 0.15) is 0 Å². The molecule has 0 saturated heterocycles. The molecule has 1 fully saturated rings. The third-order valence-corrected chi connectivity index (χ3v) is 4.82. The van der Waals surface area contributed by atoms with Crippen molar-refractivity contribution in [1.82, 2.24) is 5.32 Å². The fourth-order valence-corrected chi connectivity index (χ4v) is 3.45. The molecule has 0 radical (unpaired) electrons. The molecule has 0 bridgehead atoms. The summed E-state index contributed by atoms with van der Waals surface area (Å²) in [5.41, 5.74) is 2.37. The minimum atomic E-state index is -0.180. The third kappa shape index (κ3) is 3.21.